The minimum Gasteiger partial charge on any atom is -0.459 e. The minimum absolute atomic E-state index is 0.135. The van der Waals surface area contributed by atoms with Gasteiger partial charge in [-0.1, -0.05) is 38.1 Å². The summed E-state index contributed by atoms with van der Waals surface area (Å²) in [4.78, 5) is 11.9. The van der Waals surface area contributed by atoms with Gasteiger partial charge in [-0.05, 0) is 50.2 Å². The Kier molecular flexibility index (Phi) is 4.43. The molecule has 21 heavy (non-hydrogen) atoms. The second-order valence-electron chi connectivity index (χ2n) is 7.59. The van der Waals surface area contributed by atoms with E-state index >= 15 is 0 Å². The second kappa shape index (κ2) is 5.80. The van der Waals surface area contributed by atoms with Crippen LogP contribution in [0.4, 0.5) is 0 Å². The van der Waals surface area contributed by atoms with Crippen LogP contribution < -0.4 is 5.32 Å². The molecular formula is C18H27NO2. The molecule has 2 rings (SSSR count). The summed E-state index contributed by atoms with van der Waals surface area (Å²) < 4.78 is 5.38. The van der Waals surface area contributed by atoms with Gasteiger partial charge >= 0.3 is 5.97 Å². The standard InChI is InChI=1S/C18H27NO2/c1-17(2,3)21-15(20)12-19-16-14-9-7-6-8-13(14)10-11-18(16,4)5/h6-9,16,19H,10-12H2,1-5H3. The molecule has 1 aliphatic rings. The number of nitrogens with one attached hydrogen (secondary N) is 1. The lowest BCUT2D eigenvalue weighted by molar-refractivity contribution is -0.153. The number of carbonyl (C=O) groups excluding carboxylic acids is 1. The highest BCUT2D eigenvalue weighted by molar-refractivity contribution is 5.72. The Balaban J connectivity index is 2.09. The summed E-state index contributed by atoms with van der Waals surface area (Å²) in [7, 11) is 0. The minimum atomic E-state index is -0.432. The SMILES string of the molecule is CC(C)(C)OC(=O)CNC1c2ccccc2CCC1(C)C. The third kappa shape index (κ3) is 4.07. The maximum Gasteiger partial charge on any atom is 0.320 e. The van der Waals surface area contributed by atoms with Crippen LogP contribution in [-0.2, 0) is 16.0 Å². The molecule has 0 radical (unpaired) electrons. The number of fused-ring (bicyclic) bond motifs is 1. The van der Waals surface area contributed by atoms with Crippen molar-refractivity contribution in [3.05, 3.63) is 35.4 Å². The van der Waals surface area contributed by atoms with Crippen molar-refractivity contribution in [3.8, 4) is 0 Å². The maximum absolute atomic E-state index is 11.9. The molecule has 0 saturated carbocycles. The Hall–Kier alpha value is -1.35. The molecule has 0 heterocycles. The Morgan fingerprint density at radius 2 is 2.00 bits per heavy atom. The van der Waals surface area contributed by atoms with Crippen LogP contribution in [0.5, 0.6) is 0 Å². The van der Waals surface area contributed by atoms with E-state index in [4.69, 9.17) is 4.74 Å². The highest BCUT2D eigenvalue weighted by Gasteiger charge is 2.35. The van der Waals surface area contributed by atoms with Gasteiger partial charge in [-0.2, -0.15) is 0 Å². The van der Waals surface area contributed by atoms with Crippen LogP contribution in [0.3, 0.4) is 0 Å². The number of hydrogen-bond acceptors (Lipinski definition) is 3. The van der Waals surface area contributed by atoms with Gasteiger partial charge in [0.1, 0.15) is 5.60 Å². The number of ether oxygens (including phenoxy) is 1. The summed E-state index contributed by atoms with van der Waals surface area (Å²) in [5, 5.41) is 3.42. The van der Waals surface area contributed by atoms with E-state index in [-0.39, 0.29) is 24.0 Å². The van der Waals surface area contributed by atoms with Crippen molar-refractivity contribution in [2.75, 3.05) is 6.54 Å². The topological polar surface area (TPSA) is 38.3 Å². The van der Waals surface area contributed by atoms with Crippen LogP contribution in [0.15, 0.2) is 24.3 Å². The van der Waals surface area contributed by atoms with Crippen molar-refractivity contribution in [1.82, 2.24) is 5.32 Å². The Bertz CT molecular complexity index is 514. The van der Waals surface area contributed by atoms with Crippen LogP contribution in [-0.4, -0.2) is 18.1 Å². The Morgan fingerprint density at radius 3 is 2.67 bits per heavy atom. The quantitative estimate of drug-likeness (QED) is 0.864. The average Bonchev–Trinajstić information content (AvgIpc) is 2.35. The van der Waals surface area contributed by atoms with Gasteiger partial charge in [0.05, 0.1) is 6.54 Å². The maximum atomic E-state index is 11.9. The van der Waals surface area contributed by atoms with Gasteiger partial charge in [-0.3, -0.25) is 10.1 Å². The van der Waals surface area contributed by atoms with E-state index in [1.54, 1.807) is 0 Å². The Morgan fingerprint density at radius 1 is 1.33 bits per heavy atom. The number of benzene rings is 1. The smallest absolute Gasteiger partial charge is 0.320 e. The monoisotopic (exact) mass is 289 g/mol. The molecule has 0 fully saturated rings. The predicted octanol–water partition coefficient (Wildman–Crippen LogP) is 3.63. The molecule has 1 aliphatic carbocycles. The lowest BCUT2D eigenvalue weighted by Crippen LogP contribution is -2.41. The fraction of sp³-hybridized carbons (Fsp3) is 0.611. The van der Waals surface area contributed by atoms with Crippen LogP contribution in [0, 0.1) is 5.41 Å². The first-order valence-electron chi connectivity index (χ1n) is 7.72. The zero-order valence-electron chi connectivity index (χ0n) is 13.8. The first kappa shape index (κ1) is 16.0. The van der Waals surface area contributed by atoms with E-state index in [0.717, 1.165) is 12.8 Å². The predicted molar refractivity (Wildman–Crippen MR) is 85.1 cm³/mol. The zero-order valence-corrected chi connectivity index (χ0v) is 13.8. The van der Waals surface area contributed by atoms with Gasteiger partial charge in [-0.25, -0.2) is 0 Å². The van der Waals surface area contributed by atoms with Gasteiger partial charge < -0.3 is 4.74 Å². The molecule has 0 aromatic heterocycles. The third-order valence-corrected chi connectivity index (χ3v) is 4.06. The average molecular weight is 289 g/mol. The lowest BCUT2D eigenvalue weighted by Gasteiger charge is -2.40. The molecule has 3 heteroatoms. The van der Waals surface area contributed by atoms with Crippen molar-refractivity contribution in [2.24, 2.45) is 5.41 Å². The van der Waals surface area contributed by atoms with E-state index in [9.17, 15) is 4.79 Å². The molecule has 0 bridgehead atoms. The molecule has 1 aromatic rings. The summed E-state index contributed by atoms with van der Waals surface area (Å²) in [5.41, 5.74) is 2.41. The van der Waals surface area contributed by atoms with Gasteiger partial charge in [0.15, 0.2) is 0 Å². The van der Waals surface area contributed by atoms with E-state index in [0.29, 0.717) is 0 Å². The van der Waals surface area contributed by atoms with Crippen LogP contribution >= 0.6 is 0 Å². The molecule has 1 atom stereocenters. The molecule has 0 spiro atoms. The van der Waals surface area contributed by atoms with Crippen LogP contribution in [0.1, 0.15) is 58.2 Å². The number of carbonyl (C=O) groups is 1. The lowest BCUT2D eigenvalue weighted by atomic mass is 9.70. The summed E-state index contributed by atoms with van der Waals surface area (Å²) in [6.07, 6.45) is 2.23. The van der Waals surface area contributed by atoms with Gasteiger partial charge in [0, 0.05) is 6.04 Å². The summed E-state index contributed by atoms with van der Waals surface area (Å²) >= 11 is 0. The number of rotatable bonds is 3. The highest BCUT2D eigenvalue weighted by atomic mass is 16.6. The van der Waals surface area contributed by atoms with Crippen molar-refractivity contribution < 1.29 is 9.53 Å². The van der Waals surface area contributed by atoms with E-state index in [2.05, 4.69) is 43.4 Å². The molecule has 116 valence electrons. The van der Waals surface area contributed by atoms with Crippen molar-refractivity contribution in [1.29, 1.82) is 0 Å². The van der Waals surface area contributed by atoms with Crippen LogP contribution in [0.2, 0.25) is 0 Å². The van der Waals surface area contributed by atoms with Crippen molar-refractivity contribution in [3.63, 3.8) is 0 Å². The molecule has 1 unspecified atom stereocenters. The molecule has 0 saturated heterocycles. The number of esters is 1. The molecule has 1 N–H and O–H groups in total. The second-order valence-corrected chi connectivity index (χ2v) is 7.59. The molecule has 0 aliphatic heterocycles. The number of aryl methyl sites for hydroxylation is 1. The Labute approximate surface area is 128 Å². The normalized spacial score (nSPS) is 20.7. The van der Waals surface area contributed by atoms with E-state index in [1.807, 2.05) is 20.8 Å². The molecule has 1 aromatic carbocycles. The molecular weight excluding hydrogens is 262 g/mol. The number of hydrogen-bond donors (Lipinski definition) is 1. The zero-order chi connectivity index (χ0) is 15.7. The van der Waals surface area contributed by atoms with E-state index in [1.165, 1.54) is 11.1 Å². The fourth-order valence-corrected chi connectivity index (χ4v) is 3.01. The van der Waals surface area contributed by atoms with Crippen molar-refractivity contribution >= 4 is 5.97 Å². The van der Waals surface area contributed by atoms with Gasteiger partial charge in [-0.15, -0.1) is 0 Å². The van der Waals surface area contributed by atoms with Crippen molar-refractivity contribution in [2.45, 2.75) is 59.1 Å². The molecule has 3 nitrogen and oxygen atoms in total. The highest BCUT2D eigenvalue weighted by Crippen LogP contribution is 2.43. The summed E-state index contributed by atoms with van der Waals surface area (Å²) in [6, 6.07) is 8.70. The fourth-order valence-electron chi connectivity index (χ4n) is 3.01. The van der Waals surface area contributed by atoms with E-state index < -0.39 is 5.60 Å². The third-order valence-electron chi connectivity index (χ3n) is 4.06. The first-order chi connectivity index (χ1) is 9.69. The first-order valence-corrected chi connectivity index (χ1v) is 7.72. The van der Waals surface area contributed by atoms with Gasteiger partial charge in [0.25, 0.3) is 0 Å². The summed E-state index contributed by atoms with van der Waals surface area (Å²) in [5.74, 6) is -0.193. The van der Waals surface area contributed by atoms with Crippen LogP contribution in [0.25, 0.3) is 0 Å². The largest absolute Gasteiger partial charge is 0.459 e. The summed E-state index contributed by atoms with van der Waals surface area (Å²) in [6.45, 7) is 10.4. The van der Waals surface area contributed by atoms with Gasteiger partial charge in [0.2, 0.25) is 0 Å². The molecule has 0 amide bonds.